The van der Waals surface area contributed by atoms with E-state index in [2.05, 4.69) is 0 Å². The summed E-state index contributed by atoms with van der Waals surface area (Å²) in [6.45, 7) is 6.45. The van der Waals surface area contributed by atoms with E-state index >= 15 is 0 Å². The van der Waals surface area contributed by atoms with Gasteiger partial charge in [0, 0.05) is 12.6 Å². The Kier molecular flexibility index (Phi) is 7.51. The number of benzene rings is 1. The second-order valence-electron chi connectivity index (χ2n) is 5.37. The highest BCUT2D eigenvalue weighted by Gasteiger charge is 2.23. The lowest BCUT2D eigenvalue weighted by Gasteiger charge is -2.26. The van der Waals surface area contributed by atoms with Crippen LogP contribution in [0.1, 0.15) is 32.8 Å². The molecule has 0 fully saturated rings. The number of aryl methyl sites for hydroxylation is 1. The summed E-state index contributed by atoms with van der Waals surface area (Å²) in [5.74, 6) is -0.501. The molecule has 0 bridgehead atoms. The monoisotopic (exact) mass is 291 g/mol. The van der Waals surface area contributed by atoms with Crippen molar-refractivity contribution in [3.8, 4) is 0 Å². The summed E-state index contributed by atoms with van der Waals surface area (Å²) in [4.78, 5) is 24.8. The van der Waals surface area contributed by atoms with Crippen molar-refractivity contribution in [1.82, 2.24) is 4.90 Å². The first-order valence-electron chi connectivity index (χ1n) is 7.50. The summed E-state index contributed by atoms with van der Waals surface area (Å²) in [7, 11) is 0. The van der Waals surface area contributed by atoms with Crippen molar-refractivity contribution in [2.75, 3.05) is 13.2 Å². The minimum Gasteiger partial charge on any atom is -0.466 e. The Morgan fingerprint density at radius 2 is 1.95 bits per heavy atom. The molecule has 0 heterocycles. The van der Waals surface area contributed by atoms with Crippen LogP contribution in [0, 0.1) is 5.92 Å². The third kappa shape index (κ3) is 5.98. The van der Waals surface area contributed by atoms with Gasteiger partial charge in [-0.05, 0) is 39.2 Å². The van der Waals surface area contributed by atoms with E-state index in [0.29, 0.717) is 19.6 Å². The zero-order valence-electron chi connectivity index (χ0n) is 13.1. The Morgan fingerprint density at radius 3 is 2.48 bits per heavy atom. The molecule has 0 radical (unpaired) electrons. The number of hydrogen-bond acceptors (Lipinski definition) is 3. The van der Waals surface area contributed by atoms with Gasteiger partial charge in [0.25, 0.3) is 0 Å². The van der Waals surface area contributed by atoms with Crippen molar-refractivity contribution in [3.63, 3.8) is 0 Å². The fraction of sp³-hybridized carbons (Fsp3) is 0.529. The van der Waals surface area contributed by atoms with Crippen LogP contribution in [0.3, 0.4) is 0 Å². The zero-order valence-corrected chi connectivity index (χ0v) is 13.1. The van der Waals surface area contributed by atoms with Gasteiger partial charge in [0.2, 0.25) is 6.41 Å². The number of ether oxygens (including phenoxy) is 1. The highest BCUT2D eigenvalue weighted by molar-refractivity contribution is 5.73. The predicted molar refractivity (Wildman–Crippen MR) is 82.8 cm³/mol. The number of nitrogens with zero attached hydrogens (tertiary/aromatic N) is 1. The molecule has 0 saturated heterocycles. The first-order chi connectivity index (χ1) is 10.1. The lowest BCUT2D eigenvalue weighted by Crippen LogP contribution is -2.37. The lowest BCUT2D eigenvalue weighted by atomic mass is 9.98. The Hall–Kier alpha value is -1.84. The second-order valence-corrected chi connectivity index (χ2v) is 5.37. The highest BCUT2D eigenvalue weighted by atomic mass is 16.5. The van der Waals surface area contributed by atoms with Crippen LogP contribution < -0.4 is 0 Å². The molecular weight excluding hydrogens is 266 g/mol. The third-order valence-electron chi connectivity index (χ3n) is 3.47. The Balaban J connectivity index is 2.67. The molecule has 4 nitrogen and oxygen atoms in total. The van der Waals surface area contributed by atoms with E-state index in [9.17, 15) is 9.59 Å². The van der Waals surface area contributed by atoms with Crippen molar-refractivity contribution >= 4 is 12.4 Å². The number of esters is 1. The van der Waals surface area contributed by atoms with E-state index in [-0.39, 0.29) is 17.9 Å². The van der Waals surface area contributed by atoms with Gasteiger partial charge in [-0.2, -0.15) is 0 Å². The van der Waals surface area contributed by atoms with E-state index in [1.165, 1.54) is 5.56 Å². The average molecular weight is 291 g/mol. The lowest BCUT2D eigenvalue weighted by molar-refractivity contribution is -0.149. The second kappa shape index (κ2) is 9.16. The first kappa shape index (κ1) is 17.2. The minimum atomic E-state index is -0.280. The van der Waals surface area contributed by atoms with E-state index in [4.69, 9.17) is 4.74 Å². The van der Waals surface area contributed by atoms with Gasteiger partial charge in [-0.15, -0.1) is 0 Å². The van der Waals surface area contributed by atoms with Gasteiger partial charge >= 0.3 is 5.97 Å². The molecule has 116 valence electrons. The van der Waals surface area contributed by atoms with Crippen LogP contribution in [0.4, 0.5) is 0 Å². The van der Waals surface area contributed by atoms with Crippen LogP contribution in [0.5, 0.6) is 0 Å². The van der Waals surface area contributed by atoms with Crippen molar-refractivity contribution in [2.45, 2.75) is 39.7 Å². The minimum absolute atomic E-state index is 0.0798. The number of rotatable bonds is 9. The Morgan fingerprint density at radius 1 is 1.29 bits per heavy atom. The topological polar surface area (TPSA) is 46.6 Å². The van der Waals surface area contributed by atoms with Crippen LogP contribution in [0.25, 0.3) is 0 Å². The van der Waals surface area contributed by atoms with Crippen LogP contribution >= 0.6 is 0 Å². The van der Waals surface area contributed by atoms with Crippen LogP contribution in [-0.4, -0.2) is 36.5 Å². The maximum atomic E-state index is 12.1. The normalized spacial score (nSPS) is 12.0. The summed E-state index contributed by atoms with van der Waals surface area (Å²) >= 11 is 0. The molecule has 1 unspecified atom stereocenters. The molecule has 21 heavy (non-hydrogen) atoms. The molecular formula is C17H25NO3. The quantitative estimate of drug-likeness (QED) is 0.519. The van der Waals surface area contributed by atoms with Gasteiger partial charge in [0.15, 0.2) is 0 Å². The maximum Gasteiger partial charge on any atom is 0.310 e. The van der Waals surface area contributed by atoms with E-state index < -0.39 is 0 Å². The molecule has 4 heteroatoms. The van der Waals surface area contributed by atoms with Crippen LogP contribution in [-0.2, 0) is 20.7 Å². The summed E-state index contributed by atoms with van der Waals surface area (Å²) < 4.78 is 5.14. The average Bonchev–Trinajstić information content (AvgIpc) is 2.48. The molecule has 1 rings (SSSR count). The van der Waals surface area contributed by atoms with Gasteiger partial charge in [-0.1, -0.05) is 30.3 Å². The summed E-state index contributed by atoms with van der Waals surface area (Å²) in [6.07, 6.45) is 2.29. The first-order valence-corrected chi connectivity index (χ1v) is 7.50. The van der Waals surface area contributed by atoms with Gasteiger partial charge < -0.3 is 9.64 Å². The SMILES string of the molecule is CCOC(=O)C(CCc1ccccc1)CN(C=O)C(C)C. The fourth-order valence-electron chi connectivity index (χ4n) is 2.16. The van der Waals surface area contributed by atoms with E-state index in [0.717, 1.165) is 12.8 Å². The molecule has 0 aromatic heterocycles. The number of amides is 1. The summed E-state index contributed by atoms with van der Waals surface area (Å²) in [6, 6.07) is 10.1. The Bertz CT molecular complexity index is 431. The van der Waals surface area contributed by atoms with Crippen LogP contribution in [0.2, 0.25) is 0 Å². The molecule has 0 aliphatic rings. The largest absolute Gasteiger partial charge is 0.466 e. The number of carbonyl (C=O) groups excluding carboxylic acids is 2. The molecule has 1 aromatic rings. The molecule has 0 saturated carbocycles. The summed E-state index contributed by atoms with van der Waals surface area (Å²) in [5, 5.41) is 0. The molecule has 1 amide bonds. The highest BCUT2D eigenvalue weighted by Crippen LogP contribution is 2.14. The van der Waals surface area contributed by atoms with Crippen LogP contribution in [0.15, 0.2) is 30.3 Å². The van der Waals surface area contributed by atoms with Gasteiger partial charge in [-0.25, -0.2) is 0 Å². The van der Waals surface area contributed by atoms with E-state index in [1.54, 1.807) is 11.8 Å². The standard InChI is InChI=1S/C17H25NO3/c1-4-21-17(20)16(12-18(13-19)14(2)3)11-10-15-8-6-5-7-9-15/h5-9,13-14,16H,4,10-12H2,1-3H3. The molecule has 0 aliphatic carbocycles. The molecule has 1 aromatic carbocycles. The number of hydrogen-bond donors (Lipinski definition) is 0. The van der Waals surface area contributed by atoms with Crippen molar-refractivity contribution in [1.29, 1.82) is 0 Å². The van der Waals surface area contributed by atoms with Gasteiger partial charge in [0.1, 0.15) is 0 Å². The third-order valence-corrected chi connectivity index (χ3v) is 3.47. The smallest absolute Gasteiger partial charge is 0.310 e. The molecule has 1 atom stereocenters. The summed E-state index contributed by atoms with van der Waals surface area (Å²) in [5.41, 5.74) is 1.19. The van der Waals surface area contributed by atoms with Crippen molar-refractivity contribution < 1.29 is 14.3 Å². The number of carbonyl (C=O) groups is 2. The zero-order chi connectivity index (χ0) is 15.7. The van der Waals surface area contributed by atoms with Crippen molar-refractivity contribution in [3.05, 3.63) is 35.9 Å². The van der Waals surface area contributed by atoms with E-state index in [1.807, 2.05) is 44.2 Å². The Labute approximate surface area is 127 Å². The van der Waals surface area contributed by atoms with Crippen molar-refractivity contribution in [2.24, 2.45) is 5.92 Å². The molecule has 0 aliphatic heterocycles. The fourth-order valence-corrected chi connectivity index (χ4v) is 2.16. The van der Waals surface area contributed by atoms with Gasteiger partial charge in [-0.3, -0.25) is 9.59 Å². The molecule has 0 N–H and O–H groups in total. The maximum absolute atomic E-state index is 12.1. The predicted octanol–water partition coefficient (Wildman–Crippen LogP) is 2.67. The molecule has 0 spiro atoms. The van der Waals surface area contributed by atoms with Gasteiger partial charge in [0.05, 0.1) is 12.5 Å².